The van der Waals surface area contributed by atoms with Crippen molar-refractivity contribution in [3.63, 3.8) is 0 Å². The summed E-state index contributed by atoms with van der Waals surface area (Å²) in [5, 5.41) is 19.7. The fourth-order valence-corrected chi connectivity index (χ4v) is 4.29. The van der Waals surface area contributed by atoms with Gasteiger partial charge in [0, 0.05) is 36.8 Å². The third kappa shape index (κ3) is 5.06. The van der Waals surface area contributed by atoms with E-state index >= 15 is 0 Å². The average Bonchev–Trinajstić information content (AvgIpc) is 3.62. The van der Waals surface area contributed by atoms with Crippen LogP contribution in [0.1, 0.15) is 40.9 Å². The second-order valence-electron chi connectivity index (χ2n) is 7.86. The summed E-state index contributed by atoms with van der Waals surface area (Å²) >= 11 is 7.06. The van der Waals surface area contributed by atoms with Crippen molar-refractivity contribution in [1.82, 2.24) is 10.6 Å². The largest absolute Gasteiger partial charge is 0.389 e. The van der Waals surface area contributed by atoms with Gasteiger partial charge in [0.1, 0.15) is 0 Å². The predicted molar refractivity (Wildman–Crippen MR) is 115 cm³/mol. The monoisotopic (exact) mass is 419 g/mol. The lowest BCUT2D eigenvalue weighted by Gasteiger charge is -2.18. The minimum atomic E-state index is -0.670. The molecule has 0 radical (unpaired) electrons. The quantitative estimate of drug-likeness (QED) is 0.476. The van der Waals surface area contributed by atoms with E-state index in [9.17, 15) is 9.90 Å². The van der Waals surface area contributed by atoms with Gasteiger partial charge in [-0.1, -0.05) is 23.7 Å². The number of thiophene rings is 1. The molecule has 150 valence electrons. The molecule has 2 aliphatic carbocycles. The zero-order valence-electron chi connectivity index (χ0n) is 15.7. The van der Waals surface area contributed by atoms with Crippen LogP contribution in [-0.4, -0.2) is 42.8 Å². The first-order valence-electron chi connectivity index (χ1n) is 9.83. The van der Waals surface area contributed by atoms with Gasteiger partial charge in [-0.15, -0.1) is 11.3 Å². The number of halogens is 1. The Balaban J connectivity index is 1.20. The predicted octanol–water partition coefficient (Wildman–Crippen LogP) is 3.39. The number of aliphatic hydroxyl groups excluding tert-OH is 1. The van der Waals surface area contributed by atoms with Crippen LogP contribution in [0.3, 0.4) is 0 Å². The van der Waals surface area contributed by atoms with Crippen molar-refractivity contribution in [2.45, 2.75) is 43.2 Å². The molecule has 1 aromatic heterocycles. The van der Waals surface area contributed by atoms with Gasteiger partial charge in [0.15, 0.2) is 0 Å². The molecule has 4 N–H and O–H groups in total. The molecular formula is C21H26ClN3O2S. The maximum Gasteiger partial charge on any atom is 0.261 e. The van der Waals surface area contributed by atoms with E-state index < -0.39 is 6.10 Å². The molecule has 0 bridgehead atoms. The first-order chi connectivity index (χ1) is 13.5. The number of carbonyl (C=O) groups is 1. The third-order valence-corrected chi connectivity index (χ3v) is 6.72. The lowest BCUT2D eigenvalue weighted by atomic mass is 9.95. The number of carbonyl (C=O) groups excluding carboxylic acids is 1. The highest BCUT2D eigenvalue weighted by Crippen LogP contribution is 2.48. The molecule has 0 spiro atoms. The van der Waals surface area contributed by atoms with E-state index in [1.807, 2.05) is 0 Å². The van der Waals surface area contributed by atoms with Crippen LogP contribution < -0.4 is 16.0 Å². The molecule has 2 saturated carbocycles. The molecule has 28 heavy (non-hydrogen) atoms. The van der Waals surface area contributed by atoms with E-state index in [0.717, 1.165) is 18.3 Å². The molecule has 1 amide bonds. The van der Waals surface area contributed by atoms with Gasteiger partial charge in [-0.3, -0.25) is 4.79 Å². The van der Waals surface area contributed by atoms with Crippen molar-refractivity contribution in [3.05, 3.63) is 51.2 Å². The maximum atomic E-state index is 12.0. The molecule has 2 aromatic rings. The minimum absolute atomic E-state index is 0.190. The second-order valence-corrected chi connectivity index (χ2v) is 9.58. The topological polar surface area (TPSA) is 73.4 Å². The standard InChI is InChI=1S/C21H26ClN3O2S/c22-19-8-7-18(28-19)20(27)24-12-17(26)11-23-15-3-1-14(2-4-15)21(9-10-21)13-25-16-5-6-16/h1-4,7-8,16-17,23,25-26H,5-6,9-13H2,(H,24,27). The highest BCUT2D eigenvalue weighted by atomic mass is 35.5. The van der Waals surface area contributed by atoms with E-state index in [4.69, 9.17) is 11.6 Å². The van der Waals surface area contributed by atoms with E-state index in [2.05, 4.69) is 40.2 Å². The fourth-order valence-electron chi connectivity index (χ4n) is 3.33. The lowest BCUT2D eigenvalue weighted by molar-refractivity contribution is 0.0926. The van der Waals surface area contributed by atoms with E-state index in [1.165, 1.54) is 42.6 Å². The van der Waals surface area contributed by atoms with Crippen molar-refractivity contribution in [3.8, 4) is 0 Å². The number of amides is 1. The molecule has 2 aliphatic rings. The van der Waals surface area contributed by atoms with E-state index in [1.54, 1.807) is 12.1 Å². The molecule has 7 heteroatoms. The average molecular weight is 420 g/mol. The Hall–Kier alpha value is -1.60. The van der Waals surface area contributed by atoms with Gasteiger partial charge in [-0.25, -0.2) is 0 Å². The summed E-state index contributed by atoms with van der Waals surface area (Å²) in [6.45, 7) is 1.65. The summed E-state index contributed by atoms with van der Waals surface area (Å²) in [4.78, 5) is 12.5. The van der Waals surface area contributed by atoms with Crippen LogP contribution in [0.5, 0.6) is 0 Å². The van der Waals surface area contributed by atoms with Crippen molar-refractivity contribution < 1.29 is 9.90 Å². The molecule has 1 heterocycles. The van der Waals surface area contributed by atoms with Crippen LogP contribution in [-0.2, 0) is 5.41 Å². The first kappa shape index (κ1) is 19.7. The van der Waals surface area contributed by atoms with Gasteiger partial charge >= 0.3 is 0 Å². The van der Waals surface area contributed by atoms with Crippen LogP contribution >= 0.6 is 22.9 Å². The van der Waals surface area contributed by atoms with Crippen LogP contribution in [0.15, 0.2) is 36.4 Å². The number of nitrogens with one attached hydrogen (secondary N) is 3. The first-order valence-corrected chi connectivity index (χ1v) is 11.0. The molecule has 1 unspecified atom stereocenters. The van der Waals surface area contributed by atoms with Gasteiger partial charge in [-0.05, 0) is 55.5 Å². The Morgan fingerprint density at radius 3 is 2.54 bits per heavy atom. The summed E-state index contributed by atoms with van der Waals surface area (Å²) in [7, 11) is 0. The minimum Gasteiger partial charge on any atom is -0.389 e. The Bertz CT molecular complexity index is 815. The number of anilines is 1. The number of hydrogen-bond acceptors (Lipinski definition) is 5. The highest BCUT2D eigenvalue weighted by Gasteiger charge is 2.44. The summed E-state index contributed by atoms with van der Waals surface area (Å²) in [6.07, 6.45) is 4.49. The summed E-state index contributed by atoms with van der Waals surface area (Å²) in [6, 6.07) is 12.7. The summed E-state index contributed by atoms with van der Waals surface area (Å²) in [5.74, 6) is -0.213. The van der Waals surface area contributed by atoms with Gasteiger partial charge in [-0.2, -0.15) is 0 Å². The van der Waals surface area contributed by atoms with Crippen LogP contribution in [0, 0.1) is 0 Å². The molecule has 0 saturated heterocycles. The SMILES string of the molecule is O=C(NCC(O)CNc1ccc(C2(CNC3CC3)CC2)cc1)c1ccc(Cl)s1. The zero-order chi connectivity index (χ0) is 19.6. The van der Waals surface area contributed by atoms with Crippen molar-refractivity contribution in [1.29, 1.82) is 0 Å². The molecule has 0 aliphatic heterocycles. The molecule has 4 rings (SSSR count). The molecule has 2 fully saturated rings. The molecular weight excluding hydrogens is 394 g/mol. The number of aliphatic hydroxyl groups is 1. The Labute approximate surface area is 174 Å². The van der Waals surface area contributed by atoms with Crippen molar-refractivity contribution >= 4 is 34.5 Å². The Morgan fingerprint density at radius 1 is 1.18 bits per heavy atom. The normalized spacial score (nSPS) is 18.5. The Morgan fingerprint density at radius 2 is 1.93 bits per heavy atom. The second kappa shape index (κ2) is 8.41. The van der Waals surface area contributed by atoms with Crippen molar-refractivity contribution in [2.24, 2.45) is 0 Å². The number of rotatable bonds is 10. The van der Waals surface area contributed by atoms with Crippen molar-refractivity contribution in [2.75, 3.05) is 25.0 Å². The third-order valence-electron chi connectivity index (χ3n) is 5.49. The number of benzene rings is 1. The van der Waals surface area contributed by atoms with Gasteiger partial charge < -0.3 is 21.1 Å². The van der Waals surface area contributed by atoms with E-state index in [-0.39, 0.29) is 12.5 Å². The van der Waals surface area contributed by atoms with Gasteiger partial charge in [0.25, 0.3) is 5.91 Å². The molecule has 5 nitrogen and oxygen atoms in total. The lowest BCUT2D eigenvalue weighted by Crippen LogP contribution is -2.35. The smallest absolute Gasteiger partial charge is 0.261 e. The Kier molecular flexibility index (Phi) is 5.92. The van der Waals surface area contributed by atoms with E-state index in [0.29, 0.717) is 21.2 Å². The maximum absolute atomic E-state index is 12.0. The molecule has 1 aromatic carbocycles. The fraction of sp³-hybridized carbons (Fsp3) is 0.476. The van der Waals surface area contributed by atoms with Crippen LogP contribution in [0.4, 0.5) is 5.69 Å². The van der Waals surface area contributed by atoms with Crippen LogP contribution in [0.2, 0.25) is 4.34 Å². The summed E-state index contributed by atoms with van der Waals surface area (Å²) < 4.78 is 0.576. The van der Waals surface area contributed by atoms with Crippen LogP contribution in [0.25, 0.3) is 0 Å². The highest BCUT2D eigenvalue weighted by molar-refractivity contribution is 7.17. The number of hydrogen-bond donors (Lipinski definition) is 4. The zero-order valence-corrected chi connectivity index (χ0v) is 17.3. The molecule has 1 atom stereocenters. The van der Waals surface area contributed by atoms with Gasteiger partial charge in [0.2, 0.25) is 0 Å². The van der Waals surface area contributed by atoms with Gasteiger partial charge in [0.05, 0.1) is 15.3 Å². The summed E-state index contributed by atoms with van der Waals surface area (Å²) in [5.41, 5.74) is 2.70.